The molecule has 1 aliphatic carbocycles. The monoisotopic (exact) mass is 531 g/mol. The van der Waals surface area contributed by atoms with Crippen LogP contribution in [0.2, 0.25) is 0 Å². The van der Waals surface area contributed by atoms with E-state index < -0.39 is 11.0 Å². The second-order valence-electron chi connectivity index (χ2n) is 8.82. The molecule has 1 atom stereocenters. The molecule has 0 fully saturated rings. The number of nitrogens with zero attached hydrogens (tertiary/aromatic N) is 1. The van der Waals surface area contributed by atoms with Gasteiger partial charge < -0.3 is 33.2 Å². The Labute approximate surface area is 220 Å². The summed E-state index contributed by atoms with van der Waals surface area (Å²) in [7, 11) is 0. The zero-order valence-corrected chi connectivity index (χ0v) is 22.4. The molecule has 37 heavy (non-hydrogen) atoms. The molecule has 0 radical (unpaired) electrons. The molecule has 0 amide bonds. The Morgan fingerprint density at radius 1 is 0.838 bits per heavy atom. The lowest BCUT2D eigenvalue weighted by Gasteiger charge is -2.14. The fraction of sp³-hybridized carbons (Fsp3) is 0.808. The van der Waals surface area contributed by atoms with E-state index >= 15 is 0 Å². The normalized spacial score (nSPS) is 15.2. The Bertz CT molecular complexity index is 653. The first-order valence-corrected chi connectivity index (χ1v) is 13.2. The number of esters is 1. The molecular formula is C26H45NO10. The van der Waals surface area contributed by atoms with Crippen LogP contribution in [0.4, 0.5) is 0 Å². The Hall–Kier alpha value is -1.89. The van der Waals surface area contributed by atoms with Crippen LogP contribution in [0.3, 0.4) is 0 Å². The maximum atomic E-state index is 11.8. The zero-order valence-electron chi connectivity index (χ0n) is 22.4. The van der Waals surface area contributed by atoms with E-state index in [1.54, 1.807) is 0 Å². The molecule has 0 N–H and O–H groups in total. The highest BCUT2D eigenvalue weighted by molar-refractivity contribution is 5.69. The molecular weight excluding hydrogens is 486 g/mol. The molecule has 0 saturated carbocycles. The topological polar surface area (TPSA) is 125 Å². The van der Waals surface area contributed by atoms with Crippen LogP contribution in [-0.2, 0) is 38.0 Å². The van der Waals surface area contributed by atoms with Crippen molar-refractivity contribution in [3.8, 4) is 0 Å². The summed E-state index contributed by atoms with van der Waals surface area (Å²) in [6, 6.07) is 0. The molecule has 0 bridgehead atoms. The minimum Gasteiger partial charge on any atom is -0.458 e. The predicted molar refractivity (Wildman–Crippen MR) is 137 cm³/mol. The number of carbonyl (C=O) groups excluding carboxylic acids is 1. The highest BCUT2D eigenvalue weighted by Gasteiger charge is 2.18. The van der Waals surface area contributed by atoms with Crippen LogP contribution in [0.5, 0.6) is 0 Å². The fourth-order valence-electron chi connectivity index (χ4n) is 3.02. The minimum atomic E-state index is -0.466. The van der Waals surface area contributed by atoms with Crippen LogP contribution in [0, 0.1) is 16.0 Å². The molecule has 0 saturated heterocycles. The van der Waals surface area contributed by atoms with Gasteiger partial charge in [-0.1, -0.05) is 13.8 Å². The van der Waals surface area contributed by atoms with Gasteiger partial charge in [-0.05, 0) is 37.3 Å². The molecule has 1 rings (SSSR count). The van der Waals surface area contributed by atoms with Crippen LogP contribution in [0.1, 0.15) is 46.0 Å². The van der Waals surface area contributed by atoms with Crippen molar-refractivity contribution in [3.63, 3.8) is 0 Å². The van der Waals surface area contributed by atoms with E-state index in [0.29, 0.717) is 91.4 Å². The molecule has 11 heteroatoms. The largest absolute Gasteiger partial charge is 0.458 e. The average molecular weight is 532 g/mol. The molecule has 0 aromatic heterocycles. The number of hydrogen-bond acceptors (Lipinski definition) is 10. The molecule has 0 aliphatic heterocycles. The van der Waals surface area contributed by atoms with E-state index in [1.165, 1.54) is 18.2 Å². The van der Waals surface area contributed by atoms with Gasteiger partial charge in [-0.2, -0.15) is 0 Å². The fourth-order valence-corrected chi connectivity index (χ4v) is 3.02. The first-order chi connectivity index (χ1) is 18.0. The van der Waals surface area contributed by atoms with Gasteiger partial charge in [0, 0.05) is 45.3 Å². The second kappa shape index (κ2) is 23.2. The highest BCUT2D eigenvalue weighted by Crippen LogP contribution is 2.14. The lowest BCUT2D eigenvalue weighted by atomic mass is 10.1. The number of nitro groups is 1. The second-order valence-corrected chi connectivity index (χ2v) is 8.82. The van der Waals surface area contributed by atoms with Crippen molar-refractivity contribution in [1.29, 1.82) is 0 Å². The van der Waals surface area contributed by atoms with Crippen LogP contribution < -0.4 is 0 Å². The summed E-state index contributed by atoms with van der Waals surface area (Å²) in [5.74, 6) is 0.317. The lowest BCUT2D eigenvalue weighted by Crippen LogP contribution is -2.18. The third-order valence-corrected chi connectivity index (χ3v) is 5.11. The van der Waals surface area contributed by atoms with Crippen LogP contribution in [-0.4, -0.2) is 96.3 Å². The molecule has 1 unspecified atom stereocenters. The summed E-state index contributed by atoms with van der Waals surface area (Å²) in [4.78, 5) is 22.0. The summed E-state index contributed by atoms with van der Waals surface area (Å²) < 4.78 is 38.1. The molecule has 11 nitrogen and oxygen atoms in total. The minimum absolute atomic E-state index is 0.0196. The number of rotatable bonds is 25. The van der Waals surface area contributed by atoms with Crippen molar-refractivity contribution >= 4 is 5.97 Å². The average Bonchev–Trinajstić information content (AvgIpc) is 2.87. The molecule has 0 aromatic rings. The molecule has 0 spiro atoms. The van der Waals surface area contributed by atoms with Gasteiger partial charge in [-0.15, -0.1) is 0 Å². The molecule has 0 aromatic carbocycles. The van der Waals surface area contributed by atoms with E-state index in [4.69, 9.17) is 33.2 Å². The van der Waals surface area contributed by atoms with Crippen molar-refractivity contribution in [3.05, 3.63) is 34.0 Å². The standard InChI is InChI=1S/C26H45NO10/c1-23(2)10-14-34-18-22-36-21-17-33-13-4-12-32-16-20-35-19-15-31-11-3-5-26(28)37-25-8-6-24(7-9-25)27(29)30/h6-8,23,25H,3-5,9-22H2,1-2H3. The third kappa shape index (κ3) is 20.8. The lowest BCUT2D eigenvalue weighted by molar-refractivity contribution is -0.419. The van der Waals surface area contributed by atoms with Crippen LogP contribution in [0.15, 0.2) is 23.9 Å². The van der Waals surface area contributed by atoms with Crippen molar-refractivity contribution < 1.29 is 42.9 Å². The van der Waals surface area contributed by atoms with E-state index in [1.807, 2.05) is 0 Å². The summed E-state index contributed by atoms with van der Waals surface area (Å²) >= 11 is 0. The number of carbonyl (C=O) groups is 1. The SMILES string of the molecule is CC(C)CCOCCOCCOCCCOCCOCCOCCCC(=O)OC1C=CC([N+](=O)[O-])=CC1. The van der Waals surface area contributed by atoms with E-state index in [2.05, 4.69) is 13.8 Å². The van der Waals surface area contributed by atoms with Crippen molar-refractivity contribution in [1.82, 2.24) is 0 Å². The Morgan fingerprint density at radius 3 is 1.78 bits per heavy atom. The summed E-state index contributed by atoms with van der Waals surface area (Å²) in [6.45, 7) is 11.1. The molecule has 0 heterocycles. The van der Waals surface area contributed by atoms with Gasteiger partial charge in [-0.25, -0.2) is 0 Å². The number of ether oxygens (including phenoxy) is 7. The summed E-state index contributed by atoms with van der Waals surface area (Å²) in [6.07, 6.45) is 6.87. The maximum Gasteiger partial charge on any atom is 0.306 e. The van der Waals surface area contributed by atoms with E-state index in [-0.39, 0.29) is 18.1 Å². The Morgan fingerprint density at radius 2 is 1.32 bits per heavy atom. The smallest absolute Gasteiger partial charge is 0.306 e. The highest BCUT2D eigenvalue weighted by atomic mass is 16.6. The van der Waals surface area contributed by atoms with Crippen molar-refractivity contribution in [2.75, 3.05) is 79.3 Å². The summed E-state index contributed by atoms with van der Waals surface area (Å²) in [5.41, 5.74) is 0.0196. The zero-order chi connectivity index (χ0) is 27.0. The molecule has 1 aliphatic rings. The van der Waals surface area contributed by atoms with E-state index in [9.17, 15) is 14.9 Å². The number of hydrogen-bond donors (Lipinski definition) is 0. The molecule has 214 valence electrons. The van der Waals surface area contributed by atoms with Gasteiger partial charge >= 0.3 is 5.97 Å². The Kier molecular flexibility index (Phi) is 20.8. The maximum absolute atomic E-state index is 11.8. The van der Waals surface area contributed by atoms with Gasteiger partial charge in [0.15, 0.2) is 0 Å². The third-order valence-electron chi connectivity index (χ3n) is 5.11. The summed E-state index contributed by atoms with van der Waals surface area (Å²) in [5, 5.41) is 10.6. The van der Waals surface area contributed by atoms with E-state index in [0.717, 1.165) is 19.4 Å². The Balaban J connectivity index is 1.74. The van der Waals surface area contributed by atoms with Gasteiger partial charge in [0.2, 0.25) is 0 Å². The predicted octanol–water partition coefficient (Wildman–Crippen LogP) is 3.33. The van der Waals surface area contributed by atoms with Gasteiger partial charge in [0.25, 0.3) is 5.70 Å². The first-order valence-electron chi connectivity index (χ1n) is 13.2. The first kappa shape index (κ1) is 33.1. The van der Waals surface area contributed by atoms with Gasteiger partial charge in [0.1, 0.15) is 6.10 Å². The van der Waals surface area contributed by atoms with Crippen LogP contribution >= 0.6 is 0 Å². The van der Waals surface area contributed by atoms with Gasteiger partial charge in [-0.3, -0.25) is 14.9 Å². The van der Waals surface area contributed by atoms with Gasteiger partial charge in [0.05, 0.1) is 57.8 Å². The quantitative estimate of drug-likeness (QED) is 0.0749. The van der Waals surface area contributed by atoms with Crippen molar-refractivity contribution in [2.45, 2.75) is 52.1 Å². The van der Waals surface area contributed by atoms with Crippen LogP contribution in [0.25, 0.3) is 0 Å². The number of allylic oxidation sites excluding steroid dienone is 1. The van der Waals surface area contributed by atoms with Crippen molar-refractivity contribution in [2.24, 2.45) is 5.92 Å².